The van der Waals surface area contributed by atoms with Gasteiger partial charge >= 0.3 is 11.9 Å². The first-order chi connectivity index (χ1) is 17.9. The van der Waals surface area contributed by atoms with Gasteiger partial charge in [0.2, 0.25) is 0 Å². The van der Waals surface area contributed by atoms with Crippen LogP contribution in [0.3, 0.4) is 0 Å². The summed E-state index contributed by atoms with van der Waals surface area (Å²) >= 11 is 0. The molecule has 0 aliphatic carbocycles. The van der Waals surface area contributed by atoms with Gasteiger partial charge in [0.05, 0.1) is 12.6 Å². The van der Waals surface area contributed by atoms with E-state index in [-0.39, 0.29) is 18.8 Å². The average Bonchev–Trinajstić information content (AvgIpc) is 2.89. The molecule has 37 heavy (non-hydrogen) atoms. The quantitative estimate of drug-likeness (QED) is 0.497. The van der Waals surface area contributed by atoms with E-state index in [1.165, 1.54) is 27.0 Å². The van der Waals surface area contributed by atoms with Gasteiger partial charge in [-0.1, -0.05) is 48.5 Å². The molecule has 0 amide bonds. The third-order valence-corrected chi connectivity index (χ3v) is 6.27. The zero-order valence-electron chi connectivity index (χ0n) is 21.0. The van der Waals surface area contributed by atoms with Crippen molar-refractivity contribution in [2.24, 2.45) is 0 Å². The van der Waals surface area contributed by atoms with Crippen molar-refractivity contribution >= 4 is 23.4 Å². The van der Waals surface area contributed by atoms with Gasteiger partial charge in [0, 0.05) is 39.3 Å². The summed E-state index contributed by atoms with van der Waals surface area (Å²) in [5, 5.41) is 0. The lowest BCUT2D eigenvalue weighted by Gasteiger charge is -2.49. The summed E-state index contributed by atoms with van der Waals surface area (Å²) in [5.74, 6) is -1.25. The van der Waals surface area contributed by atoms with Gasteiger partial charge < -0.3 is 28.6 Å². The van der Waals surface area contributed by atoms with Crippen LogP contribution in [0.25, 0.3) is 0 Å². The second-order valence-corrected chi connectivity index (χ2v) is 8.91. The fourth-order valence-corrected chi connectivity index (χ4v) is 4.73. The van der Waals surface area contributed by atoms with Crippen molar-refractivity contribution in [2.45, 2.75) is 63.6 Å². The number of allylic oxidation sites excluding steroid dienone is 1. The van der Waals surface area contributed by atoms with Crippen LogP contribution in [0.2, 0.25) is 0 Å². The first kappa shape index (κ1) is 26.5. The Bertz CT molecular complexity index is 1110. The summed E-state index contributed by atoms with van der Waals surface area (Å²) < 4.78 is 29.5. The lowest BCUT2D eigenvalue weighted by atomic mass is 9.88. The number of para-hydroxylation sites is 1. The van der Waals surface area contributed by atoms with Gasteiger partial charge in [-0.25, -0.2) is 0 Å². The van der Waals surface area contributed by atoms with Crippen LogP contribution in [-0.2, 0) is 44.7 Å². The van der Waals surface area contributed by atoms with Crippen LogP contribution in [0.15, 0.2) is 72.9 Å². The van der Waals surface area contributed by atoms with E-state index in [0.717, 1.165) is 11.3 Å². The maximum absolute atomic E-state index is 12.6. The minimum atomic E-state index is -1.08. The van der Waals surface area contributed by atoms with Crippen LogP contribution < -0.4 is 4.90 Å². The average molecular weight is 510 g/mol. The number of carbonyl (C=O) groups excluding carboxylic acids is 3. The number of rotatable bonds is 8. The number of nitrogens with zero attached hydrogens (tertiary/aromatic N) is 1. The van der Waals surface area contributed by atoms with Gasteiger partial charge in [-0.15, -0.1) is 0 Å². The minimum Gasteiger partial charge on any atom is -0.455 e. The van der Waals surface area contributed by atoms with E-state index in [9.17, 15) is 14.4 Å². The van der Waals surface area contributed by atoms with Crippen molar-refractivity contribution in [2.75, 3.05) is 12.0 Å². The zero-order valence-corrected chi connectivity index (χ0v) is 21.0. The van der Waals surface area contributed by atoms with E-state index >= 15 is 0 Å². The first-order valence-electron chi connectivity index (χ1n) is 12.1. The Morgan fingerprint density at radius 2 is 1.54 bits per heavy atom. The summed E-state index contributed by atoms with van der Waals surface area (Å²) in [7, 11) is 1.41. The van der Waals surface area contributed by atoms with Gasteiger partial charge in [0.15, 0.2) is 24.3 Å². The summed E-state index contributed by atoms with van der Waals surface area (Å²) in [5.41, 5.74) is 1.74. The molecule has 0 bridgehead atoms. The molecule has 9 nitrogen and oxygen atoms in total. The van der Waals surface area contributed by atoms with Crippen LogP contribution >= 0.6 is 0 Å². The van der Waals surface area contributed by atoms with Crippen LogP contribution in [0.5, 0.6) is 0 Å². The van der Waals surface area contributed by atoms with Crippen molar-refractivity contribution in [3.8, 4) is 0 Å². The molecule has 2 aromatic rings. The fourth-order valence-electron chi connectivity index (χ4n) is 4.73. The van der Waals surface area contributed by atoms with Gasteiger partial charge in [-0.3, -0.25) is 14.4 Å². The van der Waals surface area contributed by atoms with Crippen LogP contribution in [0.4, 0.5) is 5.69 Å². The fraction of sp³-hybridized carbons (Fsp3) is 0.393. The first-order valence-corrected chi connectivity index (χ1v) is 12.1. The van der Waals surface area contributed by atoms with Crippen molar-refractivity contribution in [3.63, 3.8) is 0 Å². The van der Waals surface area contributed by atoms with Gasteiger partial charge in [-0.2, -0.15) is 0 Å². The monoisotopic (exact) mass is 509 g/mol. The molecule has 2 aliphatic rings. The van der Waals surface area contributed by atoms with Crippen molar-refractivity contribution in [1.82, 2.24) is 0 Å². The van der Waals surface area contributed by atoms with Gasteiger partial charge in [-0.05, 0) is 23.8 Å². The van der Waals surface area contributed by atoms with Gasteiger partial charge in [0.25, 0.3) is 0 Å². The normalized spacial score (nSPS) is 27.5. The minimum absolute atomic E-state index is 0.0808. The Balaban J connectivity index is 1.75. The molecule has 2 aliphatic heterocycles. The van der Waals surface area contributed by atoms with E-state index in [4.69, 9.17) is 23.7 Å². The van der Waals surface area contributed by atoms with Crippen molar-refractivity contribution < 1.29 is 38.1 Å². The predicted molar refractivity (Wildman–Crippen MR) is 133 cm³/mol. The van der Waals surface area contributed by atoms with E-state index in [2.05, 4.69) is 0 Å². The number of methoxy groups -OCH3 is 1. The number of benzene rings is 2. The van der Waals surface area contributed by atoms with Crippen LogP contribution in [0.1, 0.15) is 25.8 Å². The highest BCUT2D eigenvalue weighted by molar-refractivity contribution is 5.92. The molecule has 196 valence electrons. The Morgan fingerprint density at radius 1 is 0.919 bits per heavy atom. The molecule has 6 atom stereocenters. The summed E-state index contributed by atoms with van der Waals surface area (Å²) in [6.07, 6.45) is -1.52. The van der Waals surface area contributed by atoms with E-state index in [0.29, 0.717) is 0 Å². The second kappa shape index (κ2) is 12.1. The maximum atomic E-state index is 12.6. The highest BCUT2D eigenvalue weighted by Crippen LogP contribution is 2.36. The third-order valence-electron chi connectivity index (χ3n) is 6.27. The standard InChI is InChI=1S/C28H31NO8/c1-18(30)35-26-25(34-17-20-10-6-4-7-11-20)24(37-28(33-3)27(26)36-19(2)31)23-16-22(32)14-15-29(23)21-12-8-5-9-13-21/h4-15,23-28H,16-17H2,1-3H3/t23?,24-,25+,26+,27-,28+/m1/s1. The van der Waals surface area contributed by atoms with Gasteiger partial charge in [0.1, 0.15) is 12.2 Å². The molecule has 0 N–H and O–H groups in total. The number of ether oxygens (including phenoxy) is 5. The topological polar surface area (TPSA) is 101 Å². The number of hydrogen-bond donors (Lipinski definition) is 0. The largest absolute Gasteiger partial charge is 0.455 e. The number of hydrogen-bond acceptors (Lipinski definition) is 9. The Hall–Kier alpha value is -3.53. The van der Waals surface area contributed by atoms with Crippen molar-refractivity contribution in [1.29, 1.82) is 0 Å². The highest BCUT2D eigenvalue weighted by Gasteiger charge is 2.54. The molecule has 0 aromatic heterocycles. The molecule has 1 saturated heterocycles. The molecular weight excluding hydrogens is 478 g/mol. The summed E-state index contributed by atoms with van der Waals surface area (Å²) in [6.45, 7) is 2.70. The zero-order chi connectivity index (χ0) is 26.4. The Labute approximate surface area is 215 Å². The Morgan fingerprint density at radius 3 is 2.16 bits per heavy atom. The Kier molecular flexibility index (Phi) is 8.70. The lowest BCUT2D eigenvalue weighted by Crippen LogP contribution is -2.66. The molecule has 4 rings (SSSR count). The second-order valence-electron chi connectivity index (χ2n) is 8.91. The molecule has 2 aromatic carbocycles. The SMILES string of the molecule is CO[C@H]1O[C@H](C2CC(=O)C=CN2c2ccccc2)[C@H](OCc2ccccc2)[C@H](OC(C)=O)[C@H]1OC(C)=O. The molecule has 1 unspecified atom stereocenters. The van der Waals surface area contributed by atoms with E-state index < -0.39 is 48.7 Å². The van der Waals surface area contributed by atoms with Crippen molar-refractivity contribution in [3.05, 3.63) is 78.5 Å². The number of ketones is 1. The number of carbonyl (C=O) groups is 3. The number of esters is 2. The molecule has 0 saturated carbocycles. The summed E-state index contributed by atoms with van der Waals surface area (Å²) in [4.78, 5) is 38.7. The maximum Gasteiger partial charge on any atom is 0.303 e. The molecule has 1 fully saturated rings. The highest BCUT2D eigenvalue weighted by atomic mass is 16.7. The molecule has 2 heterocycles. The van der Waals surface area contributed by atoms with E-state index in [1.807, 2.05) is 65.6 Å². The van der Waals surface area contributed by atoms with E-state index in [1.54, 1.807) is 6.20 Å². The molecule has 0 radical (unpaired) electrons. The van der Waals surface area contributed by atoms with Crippen LogP contribution in [-0.4, -0.2) is 61.6 Å². The van der Waals surface area contributed by atoms with Crippen LogP contribution in [0, 0.1) is 0 Å². The summed E-state index contributed by atoms with van der Waals surface area (Å²) in [6, 6.07) is 18.5. The predicted octanol–water partition coefficient (Wildman–Crippen LogP) is 3.17. The third kappa shape index (κ3) is 6.43. The molecule has 9 heteroatoms. The lowest BCUT2D eigenvalue weighted by molar-refractivity contribution is -0.306. The molecular formula is C28H31NO8. The smallest absolute Gasteiger partial charge is 0.303 e. The molecule has 0 spiro atoms. The number of anilines is 1.